The van der Waals surface area contributed by atoms with Crippen LogP contribution in [0.5, 0.6) is 0 Å². The van der Waals surface area contributed by atoms with Crippen LogP contribution in [0, 0.1) is 40.9 Å². The van der Waals surface area contributed by atoms with Crippen LogP contribution in [0.1, 0.15) is 71.6 Å². The molecule has 0 spiro atoms. The fraction of sp³-hybridized carbons (Fsp3) is 0.741. The van der Waals surface area contributed by atoms with Crippen LogP contribution in [0.25, 0.3) is 11.0 Å². The van der Waals surface area contributed by atoms with Crippen LogP contribution < -0.4 is 0 Å². The molecule has 32 heavy (non-hydrogen) atoms. The molecular formula is C27H37N3O2. The molecule has 8 atom stereocenters. The Kier molecular flexibility index (Phi) is 4.80. The molecule has 1 N–H and O–H groups in total. The predicted molar refractivity (Wildman–Crippen MR) is 124 cm³/mol. The van der Waals surface area contributed by atoms with Crippen LogP contribution in [0.3, 0.4) is 0 Å². The molecule has 1 aromatic heterocycles. The summed E-state index contributed by atoms with van der Waals surface area (Å²) in [6, 6.07) is 7.84. The summed E-state index contributed by atoms with van der Waals surface area (Å²) in [4.78, 5) is 15.1. The number of aromatic nitrogens is 3. The van der Waals surface area contributed by atoms with Gasteiger partial charge >= 0.3 is 0 Å². The van der Waals surface area contributed by atoms with E-state index in [9.17, 15) is 9.90 Å². The summed E-state index contributed by atoms with van der Waals surface area (Å²) in [5.74, 6) is 4.26. The highest BCUT2D eigenvalue weighted by molar-refractivity contribution is 5.82. The molecule has 4 aliphatic rings. The maximum atomic E-state index is 13.5. The van der Waals surface area contributed by atoms with Gasteiger partial charge in [-0.05, 0) is 112 Å². The van der Waals surface area contributed by atoms with E-state index in [1.807, 2.05) is 31.2 Å². The Bertz CT molecular complexity index is 996. The van der Waals surface area contributed by atoms with Crippen molar-refractivity contribution in [1.82, 2.24) is 15.0 Å². The number of ketones is 1. The normalized spacial score (nSPS) is 43.5. The van der Waals surface area contributed by atoms with E-state index in [0.717, 1.165) is 48.0 Å². The second kappa shape index (κ2) is 7.38. The Hall–Kier alpha value is -1.75. The minimum absolute atomic E-state index is 0.137. The van der Waals surface area contributed by atoms with Gasteiger partial charge in [-0.2, -0.15) is 15.0 Å². The Balaban J connectivity index is 1.18. The van der Waals surface area contributed by atoms with Crippen LogP contribution >= 0.6 is 0 Å². The fourth-order valence-electron chi connectivity index (χ4n) is 8.84. The van der Waals surface area contributed by atoms with Gasteiger partial charge in [-0.15, -0.1) is 0 Å². The van der Waals surface area contributed by atoms with E-state index in [1.54, 1.807) is 4.80 Å². The van der Waals surface area contributed by atoms with Gasteiger partial charge in [0.05, 0.1) is 5.60 Å². The van der Waals surface area contributed by atoms with E-state index >= 15 is 0 Å². The summed E-state index contributed by atoms with van der Waals surface area (Å²) >= 11 is 0. The molecule has 4 aliphatic carbocycles. The van der Waals surface area contributed by atoms with Gasteiger partial charge in [0.1, 0.15) is 17.6 Å². The molecule has 0 saturated heterocycles. The third-order valence-electron chi connectivity index (χ3n) is 10.3. The number of hydrogen-bond acceptors (Lipinski definition) is 4. The number of Topliss-reactive ketones (excluding diaryl/α,β-unsaturated/α-hetero) is 1. The number of benzene rings is 1. The quantitative estimate of drug-likeness (QED) is 0.735. The van der Waals surface area contributed by atoms with E-state index in [1.165, 1.54) is 38.5 Å². The van der Waals surface area contributed by atoms with Crippen LogP contribution in [-0.4, -0.2) is 31.5 Å². The lowest BCUT2D eigenvalue weighted by Crippen LogP contribution is -2.51. The van der Waals surface area contributed by atoms with Crippen molar-refractivity contribution in [1.29, 1.82) is 0 Å². The molecule has 172 valence electrons. The standard InChI is InChI=1S/C27H37N3O2/c1-26(32)13-11-18-17(15-26)7-8-20-19(18)12-14-27(2)21(20)9-10-22(27)25(31)16-30-28-23-5-3-4-6-24(23)29-30/h3-6,17-22,32H,7-16H2,1-2H3/t17?,18-,19+,20?,21-,22+,26+,27-/m0/s1. The maximum absolute atomic E-state index is 13.5. The van der Waals surface area contributed by atoms with Crippen molar-refractivity contribution < 1.29 is 9.90 Å². The van der Waals surface area contributed by atoms with Crippen LogP contribution in [-0.2, 0) is 11.3 Å². The summed E-state index contributed by atoms with van der Waals surface area (Å²) in [7, 11) is 0. The lowest BCUT2D eigenvalue weighted by molar-refractivity contribution is -0.133. The molecule has 0 aliphatic heterocycles. The van der Waals surface area contributed by atoms with E-state index in [-0.39, 0.29) is 11.3 Å². The number of carbonyl (C=O) groups is 1. The molecular weight excluding hydrogens is 398 g/mol. The van der Waals surface area contributed by atoms with Gasteiger partial charge in [-0.1, -0.05) is 19.1 Å². The van der Waals surface area contributed by atoms with E-state index < -0.39 is 5.60 Å². The highest BCUT2D eigenvalue weighted by atomic mass is 16.3. The Morgan fingerprint density at radius 1 is 0.969 bits per heavy atom. The molecule has 5 heteroatoms. The lowest BCUT2D eigenvalue weighted by atomic mass is 9.49. The summed E-state index contributed by atoms with van der Waals surface area (Å²) < 4.78 is 0. The molecule has 4 fully saturated rings. The van der Waals surface area contributed by atoms with E-state index in [0.29, 0.717) is 24.2 Å². The SMILES string of the molecule is C[C@@]1(O)CC[C@H]2C(CCC3[C@@H]2CC[C@]2(C)[C@@H](C(=O)Cn4nc5ccccc5n4)CC[C@@H]32)C1. The van der Waals surface area contributed by atoms with Gasteiger partial charge < -0.3 is 5.11 Å². The van der Waals surface area contributed by atoms with E-state index in [4.69, 9.17) is 0 Å². The number of nitrogens with zero attached hydrogens (tertiary/aromatic N) is 3. The topological polar surface area (TPSA) is 68.0 Å². The van der Waals surface area contributed by atoms with E-state index in [2.05, 4.69) is 17.1 Å². The Labute approximate surface area is 191 Å². The van der Waals surface area contributed by atoms with Gasteiger partial charge in [0.2, 0.25) is 0 Å². The zero-order valence-electron chi connectivity index (χ0n) is 19.5. The lowest BCUT2D eigenvalue weighted by Gasteiger charge is -2.56. The molecule has 6 rings (SSSR count). The van der Waals surface area contributed by atoms with Crippen LogP contribution in [0.4, 0.5) is 0 Å². The minimum Gasteiger partial charge on any atom is -0.390 e. The monoisotopic (exact) mass is 435 g/mol. The predicted octanol–water partition coefficient (Wildman–Crippen LogP) is 5.02. The second-order valence-corrected chi connectivity index (χ2v) is 12.0. The first-order valence-corrected chi connectivity index (χ1v) is 12.9. The van der Waals surface area contributed by atoms with Crippen molar-refractivity contribution in [2.24, 2.45) is 40.9 Å². The summed E-state index contributed by atoms with van der Waals surface area (Å²) in [6.45, 7) is 4.77. The number of aliphatic hydroxyl groups is 1. The zero-order valence-corrected chi connectivity index (χ0v) is 19.5. The third kappa shape index (κ3) is 3.26. The smallest absolute Gasteiger partial charge is 0.159 e. The van der Waals surface area contributed by atoms with Gasteiger partial charge in [0, 0.05) is 5.92 Å². The molecule has 0 bridgehead atoms. The number of hydrogen-bond donors (Lipinski definition) is 1. The molecule has 1 aromatic carbocycles. The first-order valence-electron chi connectivity index (χ1n) is 12.9. The van der Waals surface area contributed by atoms with Crippen molar-refractivity contribution >= 4 is 16.8 Å². The molecule has 5 nitrogen and oxygen atoms in total. The van der Waals surface area contributed by atoms with Crippen molar-refractivity contribution in [3.63, 3.8) is 0 Å². The van der Waals surface area contributed by atoms with Crippen molar-refractivity contribution in [2.45, 2.75) is 83.8 Å². The van der Waals surface area contributed by atoms with Gasteiger partial charge in [0.25, 0.3) is 0 Å². The second-order valence-electron chi connectivity index (χ2n) is 12.0. The largest absolute Gasteiger partial charge is 0.390 e. The van der Waals surface area contributed by atoms with Gasteiger partial charge in [0.15, 0.2) is 5.78 Å². The maximum Gasteiger partial charge on any atom is 0.159 e. The first-order chi connectivity index (χ1) is 15.3. The molecule has 0 radical (unpaired) electrons. The third-order valence-corrected chi connectivity index (χ3v) is 10.3. The van der Waals surface area contributed by atoms with Crippen molar-refractivity contribution in [2.75, 3.05) is 0 Å². The number of fused-ring (bicyclic) bond motifs is 6. The zero-order chi connectivity index (χ0) is 22.1. The Morgan fingerprint density at radius 2 is 1.69 bits per heavy atom. The van der Waals surface area contributed by atoms with Crippen LogP contribution in [0.2, 0.25) is 0 Å². The molecule has 0 amide bonds. The number of rotatable bonds is 3. The number of carbonyl (C=O) groups excluding carboxylic acids is 1. The average molecular weight is 436 g/mol. The average Bonchev–Trinajstić information content (AvgIpc) is 3.32. The molecule has 2 aromatic rings. The highest BCUT2D eigenvalue weighted by Gasteiger charge is 2.58. The fourth-order valence-corrected chi connectivity index (χ4v) is 8.84. The van der Waals surface area contributed by atoms with Crippen LogP contribution in [0.15, 0.2) is 24.3 Å². The molecule has 1 heterocycles. The highest BCUT2D eigenvalue weighted by Crippen LogP contribution is 2.64. The Morgan fingerprint density at radius 3 is 2.44 bits per heavy atom. The molecule has 4 saturated carbocycles. The van der Waals surface area contributed by atoms with Gasteiger partial charge in [-0.25, -0.2) is 0 Å². The minimum atomic E-state index is -0.451. The summed E-state index contributed by atoms with van der Waals surface area (Å²) in [6.07, 6.45) is 10.4. The summed E-state index contributed by atoms with van der Waals surface area (Å²) in [5.41, 5.74) is 1.41. The van der Waals surface area contributed by atoms with Crippen molar-refractivity contribution in [3.05, 3.63) is 24.3 Å². The first kappa shape index (κ1) is 20.8. The van der Waals surface area contributed by atoms with Crippen molar-refractivity contribution in [3.8, 4) is 0 Å². The van der Waals surface area contributed by atoms with Gasteiger partial charge in [-0.3, -0.25) is 4.79 Å². The summed E-state index contributed by atoms with van der Waals surface area (Å²) in [5, 5.41) is 19.7. The molecule has 2 unspecified atom stereocenters.